The minimum atomic E-state index is 0.743. The van der Waals surface area contributed by atoms with Gasteiger partial charge in [0.05, 0.1) is 5.69 Å². The van der Waals surface area contributed by atoms with Gasteiger partial charge >= 0.3 is 0 Å². The monoisotopic (exact) mass is 399 g/mol. The average molecular weight is 400 g/mol. The van der Waals surface area contributed by atoms with E-state index < -0.39 is 0 Å². The van der Waals surface area contributed by atoms with Gasteiger partial charge in [-0.15, -0.1) is 11.3 Å². The summed E-state index contributed by atoms with van der Waals surface area (Å²) in [5.41, 5.74) is 7.07. The predicted octanol–water partition coefficient (Wildman–Crippen LogP) is 7.40. The number of aromatic nitrogens is 2. The Labute approximate surface area is 175 Å². The van der Waals surface area contributed by atoms with Gasteiger partial charge in [0, 0.05) is 39.3 Å². The van der Waals surface area contributed by atoms with Gasteiger partial charge in [0.1, 0.15) is 0 Å². The smallest absolute Gasteiger partial charge is 0.209 e. The summed E-state index contributed by atoms with van der Waals surface area (Å²) in [6.45, 7) is 2.09. The quantitative estimate of drug-likeness (QED) is 0.357. The van der Waals surface area contributed by atoms with Crippen molar-refractivity contribution < 1.29 is 0 Å². The normalized spacial score (nSPS) is 15.5. The minimum Gasteiger partial charge on any atom is -0.358 e. The van der Waals surface area contributed by atoms with Gasteiger partial charge in [0.15, 0.2) is 0 Å². The summed E-state index contributed by atoms with van der Waals surface area (Å²) >= 11 is 1.59. The first-order valence-corrected chi connectivity index (χ1v) is 11.3. The van der Waals surface area contributed by atoms with E-state index in [1.165, 1.54) is 48.6 Å². The van der Waals surface area contributed by atoms with Gasteiger partial charge in [-0.1, -0.05) is 61.7 Å². The number of fused-ring (bicyclic) bond motifs is 1. The Bertz CT molecular complexity index is 1140. The summed E-state index contributed by atoms with van der Waals surface area (Å²) < 4.78 is 0. The van der Waals surface area contributed by atoms with E-state index in [9.17, 15) is 0 Å². The SMILES string of the molecule is Cc1[nH]c2ccccc2c1C=Nc1nc(-c2ccc(C3CCCCC3)cc2)cs1. The predicted molar refractivity (Wildman–Crippen MR) is 124 cm³/mol. The number of nitrogens with zero attached hydrogens (tertiary/aromatic N) is 2. The molecule has 4 heteroatoms. The summed E-state index contributed by atoms with van der Waals surface area (Å²) in [5.74, 6) is 0.743. The average Bonchev–Trinajstić information content (AvgIpc) is 3.37. The van der Waals surface area contributed by atoms with Crippen LogP contribution in [-0.2, 0) is 0 Å². The van der Waals surface area contributed by atoms with Crippen molar-refractivity contribution >= 4 is 33.6 Å². The molecule has 2 aromatic heterocycles. The van der Waals surface area contributed by atoms with E-state index in [2.05, 4.69) is 64.7 Å². The molecule has 4 aromatic rings. The van der Waals surface area contributed by atoms with Crippen LogP contribution in [0.5, 0.6) is 0 Å². The summed E-state index contributed by atoms with van der Waals surface area (Å²) in [5, 5.41) is 4.09. The molecule has 0 atom stereocenters. The lowest BCUT2D eigenvalue weighted by Crippen LogP contribution is -2.04. The van der Waals surface area contributed by atoms with Gasteiger partial charge in [-0.2, -0.15) is 0 Å². The van der Waals surface area contributed by atoms with Gasteiger partial charge in [0.25, 0.3) is 0 Å². The molecule has 2 aromatic carbocycles. The van der Waals surface area contributed by atoms with Gasteiger partial charge in [0.2, 0.25) is 5.13 Å². The van der Waals surface area contributed by atoms with Crippen LogP contribution in [0, 0.1) is 6.92 Å². The molecule has 29 heavy (non-hydrogen) atoms. The second-order valence-corrected chi connectivity index (χ2v) is 8.78. The Hall–Kier alpha value is -2.72. The van der Waals surface area contributed by atoms with Crippen LogP contribution in [0.1, 0.15) is 54.8 Å². The zero-order valence-corrected chi connectivity index (χ0v) is 17.5. The fourth-order valence-corrected chi connectivity index (χ4v) is 5.07. The molecule has 0 amide bonds. The van der Waals surface area contributed by atoms with Crippen molar-refractivity contribution in [3.05, 3.63) is 70.7 Å². The number of hydrogen-bond acceptors (Lipinski definition) is 3. The van der Waals surface area contributed by atoms with Crippen LogP contribution in [0.15, 0.2) is 58.9 Å². The summed E-state index contributed by atoms with van der Waals surface area (Å²) in [7, 11) is 0. The summed E-state index contributed by atoms with van der Waals surface area (Å²) in [6.07, 6.45) is 8.74. The number of H-pyrrole nitrogens is 1. The lowest BCUT2D eigenvalue weighted by Gasteiger charge is -2.22. The molecule has 1 fully saturated rings. The summed E-state index contributed by atoms with van der Waals surface area (Å²) in [4.78, 5) is 12.8. The molecule has 3 nitrogen and oxygen atoms in total. The van der Waals surface area contributed by atoms with E-state index in [1.54, 1.807) is 11.3 Å². The third-order valence-corrected chi connectivity index (χ3v) is 6.77. The molecule has 5 rings (SSSR count). The van der Waals surface area contributed by atoms with Gasteiger partial charge in [-0.05, 0) is 37.3 Å². The minimum absolute atomic E-state index is 0.743. The van der Waals surface area contributed by atoms with E-state index >= 15 is 0 Å². The van der Waals surface area contributed by atoms with Gasteiger partial charge in [-0.25, -0.2) is 9.98 Å². The number of benzene rings is 2. The number of rotatable bonds is 4. The van der Waals surface area contributed by atoms with Crippen molar-refractivity contribution in [1.82, 2.24) is 9.97 Å². The second kappa shape index (κ2) is 7.96. The molecule has 0 unspecified atom stereocenters. The lowest BCUT2D eigenvalue weighted by atomic mass is 9.84. The van der Waals surface area contributed by atoms with Crippen molar-refractivity contribution in [2.75, 3.05) is 0 Å². The number of aromatic amines is 1. The molecule has 0 radical (unpaired) electrons. The highest BCUT2D eigenvalue weighted by Gasteiger charge is 2.15. The Morgan fingerprint density at radius 2 is 1.83 bits per heavy atom. The highest BCUT2D eigenvalue weighted by molar-refractivity contribution is 7.13. The molecule has 1 aliphatic carbocycles. The first-order valence-electron chi connectivity index (χ1n) is 10.5. The molecular formula is C25H25N3S. The molecule has 146 valence electrons. The maximum Gasteiger partial charge on any atom is 0.209 e. The fraction of sp³-hybridized carbons (Fsp3) is 0.280. The standard InChI is InChI=1S/C25H25N3S/c1-17-22(21-9-5-6-10-23(21)27-17)15-26-25-28-24(16-29-25)20-13-11-19(12-14-20)18-7-3-2-4-8-18/h5-6,9-16,18,27H,2-4,7-8H2,1H3. The second-order valence-electron chi connectivity index (χ2n) is 7.94. The van der Waals surface area contributed by atoms with Crippen LogP contribution in [0.25, 0.3) is 22.2 Å². The van der Waals surface area contributed by atoms with Crippen molar-refractivity contribution in [3.8, 4) is 11.3 Å². The van der Waals surface area contributed by atoms with E-state index in [1.807, 2.05) is 12.3 Å². The maximum atomic E-state index is 4.74. The summed E-state index contributed by atoms with van der Waals surface area (Å²) in [6, 6.07) is 17.4. The molecular weight excluding hydrogens is 374 g/mol. The Morgan fingerprint density at radius 3 is 2.66 bits per heavy atom. The van der Waals surface area contributed by atoms with Gasteiger partial charge in [-0.3, -0.25) is 0 Å². The number of para-hydroxylation sites is 1. The Kier molecular flexibility index (Phi) is 5.03. The number of aliphatic imine (C=N–C) groups is 1. The highest BCUT2D eigenvalue weighted by Crippen LogP contribution is 2.34. The number of aryl methyl sites for hydroxylation is 1. The van der Waals surface area contributed by atoms with Crippen molar-refractivity contribution in [1.29, 1.82) is 0 Å². The van der Waals surface area contributed by atoms with Crippen molar-refractivity contribution in [3.63, 3.8) is 0 Å². The largest absolute Gasteiger partial charge is 0.358 e. The van der Waals surface area contributed by atoms with Crippen molar-refractivity contribution in [2.45, 2.75) is 44.9 Å². The zero-order chi connectivity index (χ0) is 19.6. The van der Waals surface area contributed by atoms with Crippen LogP contribution in [0.2, 0.25) is 0 Å². The van der Waals surface area contributed by atoms with E-state index in [0.717, 1.165) is 33.5 Å². The zero-order valence-electron chi connectivity index (χ0n) is 16.7. The maximum absolute atomic E-state index is 4.74. The first-order chi connectivity index (χ1) is 14.3. The van der Waals surface area contributed by atoms with E-state index in [4.69, 9.17) is 4.98 Å². The van der Waals surface area contributed by atoms with E-state index in [0.29, 0.717) is 0 Å². The van der Waals surface area contributed by atoms with Crippen LogP contribution < -0.4 is 0 Å². The van der Waals surface area contributed by atoms with Gasteiger partial charge < -0.3 is 4.98 Å². The molecule has 1 N–H and O–H groups in total. The third kappa shape index (κ3) is 3.77. The Morgan fingerprint density at radius 1 is 1.03 bits per heavy atom. The van der Waals surface area contributed by atoms with Crippen LogP contribution in [0.4, 0.5) is 5.13 Å². The molecule has 0 bridgehead atoms. The fourth-order valence-electron chi connectivity index (χ4n) is 4.40. The van der Waals surface area contributed by atoms with Crippen LogP contribution >= 0.6 is 11.3 Å². The topological polar surface area (TPSA) is 41.0 Å². The van der Waals surface area contributed by atoms with E-state index in [-0.39, 0.29) is 0 Å². The number of nitrogens with one attached hydrogen (secondary N) is 1. The molecule has 0 aliphatic heterocycles. The van der Waals surface area contributed by atoms with Crippen molar-refractivity contribution in [2.24, 2.45) is 4.99 Å². The molecule has 1 aliphatic rings. The lowest BCUT2D eigenvalue weighted by molar-refractivity contribution is 0.443. The van der Waals surface area contributed by atoms with Crippen LogP contribution in [-0.4, -0.2) is 16.2 Å². The third-order valence-electron chi connectivity index (χ3n) is 6.02. The Balaban J connectivity index is 1.35. The molecule has 2 heterocycles. The highest BCUT2D eigenvalue weighted by atomic mass is 32.1. The first kappa shape index (κ1) is 18.3. The van der Waals surface area contributed by atoms with Crippen LogP contribution in [0.3, 0.4) is 0 Å². The number of hydrogen-bond donors (Lipinski definition) is 1. The number of thiazole rings is 1. The molecule has 1 saturated carbocycles. The molecule has 0 spiro atoms. The molecule has 0 saturated heterocycles.